The Morgan fingerprint density at radius 2 is 1.87 bits per heavy atom. The van der Waals surface area contributed by atoms with Crippen molar-refractivity contribution in [2.75, 3.05) is 13.2 Å². The number of aromatic nitrogens is 2. The number of hydroxylamine groups is 1. The van der Waals surface area contributed by atoms with Crippen molar-refractivity contribution in [3.8, 4) is 5.69 Å². The fraction of sp³-hybridized carbons (Fsp3) is 0.389. The lowest BCUT2D eigenvalue weighted by Crippen LogP contribution is -2.40. The Hall–Kier alpha value is -2.63. The van der Waals surface area contributed by atoms with Gasteiger partial charge in [-0.2, -0.15) is 18.7 Å². The van der Waals surface area contributed by atoms with E-state index in [0.29, 0.717) is 15.2 Å². The molecule has 1 aromatic carbocycles. The van der Waals surface area contributed by atoms with Crippen LogP contribution in [0.3, 0.4) is 0 Å². The summed E-state index contributed by atoms with van der Waals surface area (Å²) < 4.78 is 44.8. The van der Waals surface area contributed by atoms with Gasteiger partial charge in [0.25, 0.3) is 5.56 Å². The van der Waals surface area contributed by atoms with Gasteiger partial charge in [-0.15, -0.1) is 0 Å². The quantitative estimate of drug-likeness (QED) is 0.396. The molecular weight excluding hydrogens is 431 g/mol. The van der Waals surface area contributed by atoms with Crippen LogP contribution in [0.1, 0.15) is 29.9 Å². The van der Waals surface area contributed by atoms with Crippen molar-refractivity contribution in [1.82, 2.24) is 14.6 Å². The second-order valence-corrected chi connectivity index (χ2v) is 6.87. The number of alkyl halides is 3. The maximum Gasteiger partial charge on any atom is 0.431 e. The van der Waals surface area contributed by atoms with Crippen molar-refractivity contribution in [2.45, 2.75) is 26.1 Å². The third-order valence-electron chi connectivity index (χ3n) is 3.78. The zero-order valence-electron chi connectivity index (χ0n) is 16.2. The average molecular weight is 450 g/mol. The van der Waals surface area contributed by atoms with E-state index in [1.807, 2.05) is 13.8 Å². The predicted molar refractivity (Wildman–Crippen MR) is 102 cm³/mol. The second kappa shape index (κ2) is 9.45. The highest BCUT2D eigenvalue weighted by atomic mass is 35.5. The van der Waals surface area contributed by atoms with Gasteiger partial charge in [0, 0.05) is 19.2 Å². The first-order chi connectivity index (χ1) is 13.9. The van der Waals surface area contributed by atoms with E-state index < -0.39 is 29.1 Å². The molecule has 0 fully saturated rings. The number of hydrogen-bond donors (Lipinski definition) is 1. The summed E-state index contributed by atoms with van der Waals surface area (Å²) in [6, 6.07) is 3.91. The molecule has 0 aliphatic heterocycles. The molecule has 12 heteroatoms. The van der Waals surface area contributed by atoms with Gasteiger partial charge in [-0.05, 0) is 32.0 Å². The number of ether oxygens (including phenoxy) is 1. The van der Waals surface area contributed by atoms with Gasteiger partial charge in [0.15, 0.2) is 0 Å². The summed E-state index contributed by atoms with van der Waals surface area (Å²) in [5.74, 6) is -0.855. The fourth-order valence-corrected chi connectivity index (χ4v) is 2.62. The Labute approximate surface area is 173 Å². The molecule has 0 unspecified atom stereocenters. The zero-order chi connectivity index (χ0) is 22.6. The minimum absolute atomic E-state index is 0.0261. The molecular formula is C18H19ClF3N3O5. The van der Waals surface area contributed by atoms with Gasteiger partial charge in [-0.25, -0.2) is 14.2 Å². The minimum atomic E-state index is -4.88. The number of benzene rings is 1. The molecule has 0 saturated carbocycles. The first-order valence-electron chi connectivity index (χ1n) is 8.68. The topological polar surface area (TPSA) is 91.6 Å². The van der Waals surface area contributed by atoms with Crippen LogP contribution in [0.2, 0.25) is 5.02 Å². The molecule has 0 atom stereocenters. The molecule has 2 aromatic rings. The molecule has 1 aromatic heterocycles. The summed E-state index contributed by atoms with van der Waals surface area (Å²) in [6.45, 7) is 3.65. The number of nitrogens with zero attached hydrogens (tertiary/aromatic N) is 2. The molecule has 164 valence electrons. The van der Waals surface area contributed by atoms with E-state index in [4.69, 9.17) is 21.2 Å². The second-order valence-electron chi connectivity index (χ2n) is 6.46. The number of esters is 1. The fourth-order valence-electron chi connectivity index (χ4n) is 2.42. The van der Waals surface area contributed by atoms with E-state index in [1.54, 1.807) is 0 Å². The summed E-state index contributed by atoms with van der Waals surface area (Å²) >= 11 is 5.99. The van der Waals surface area contributed by atoms with Crippen molar-refractivity contribution in [3.63, 3.8) is 0 Å². The summed E-state index contributed by atoms with van der Waals surface area (Å²) in [6.07, 6.45) is -4.88. The molecule has 0 aliphatic carbocycles. The summed E-state index contributed by atoms with van der Waals surface area (Å²) in [5, 5.41) is -0.0261. The smallest absolute Gasteiger partial charge is 0.431 e. The molecule has 0 spiro atoms. The summed E-state index contributed by atoms with van der Waals surface area (Å²) in [7, 11) is 0.886. The normalized spacial score (nSPS) is 11.7. The number of halogens is 4. The van der Waals surface area contributed by atoms with E-state index in [9.17, 15) is 27.6 Å². The third kappa shape index (κ3) is 5.49. The number of hydrogen-bond acceptors (Lipinski definition) is 6. The van der Waals surface area contributed by atoms with E-state index in [0.717, 1.165) is 13.1 Å². The maximum absolute atomic E-state index is 13.0. The van der Waals surface area contributed by atoms with Crippen molar-refractivity contribution < 1.29 is 27.5 Å². The molecule has 1 heterocycles. The molecule has 0 saturated heterocycles. The first kappa shape index (κ1) is 23.6. The maximum atomic E-state index is 13.0. The summed E-state index contributed by atoms with van der Waals surface area (Å²) in [4.78, 5) is 41.9. The molecule has 0 aliphatic rings. The number of rotatable bonds is 7. The molecule has 0 radical (unpaired) electrons. The third-order valence-corrected chi connectivity index (χ3v) is 4.11. The lowest BCUT2D eigenvalue weighted by molar-refractivity contribution is -0.144. The Bertz CT molecular complexity index is 1050. The Morgan fingerprint density at radius 1 is 1.20 bits per heavy atom. The molecule has 2 rings (SSSR count). The van der Waals surface area contributed by atoms with Gasteiger partial charge in [0.2, 0.25) is 0 Å². The van der Waals surface area contributed by atoms with Crippen LogP contribution >= 0.6 is 11.6 Å². The standard InChI is InChI=1S/C18H19ClF3N3O5/c1-10(2)23-30-7-6-29-16(27)12-8-11(4-5-13(12)19)25-15(26)9-14(18(20,21)22)24(3)17(25)28/h4-5,8-10,23H,6-7H2,1-3H3. The highest BCUT2D eigenvalue weighted by Crippen LogP contribution is 2.27. The average Bonchev–Trinajstić information content (AvgIpc) is 2.64. The molecule has 30 heavy (non-hydrogen) atoms. The number of carbonyl (C=O) groups excluding carboxylic acids is 1. The van der Waals surface area contributed by atoms with Crippen molar-refractivity contribution in [1.29, 1.82) is 0 Å². The minimum Gasteiger partial charge on any atom is -0.460 e. The summed E-state index contributed by atoms with van der Waals surface area (Å²) in [5.41, 5.74) is -1.47. The Morgan fingerprint density at radius 3 is 2.47 bits per heavy atom. The number of nitrogens with one attached hydrogen (secondary N) is 1. The highest BCUT2D eigenvalue weighted by Gasteiger charge is 2.35. The van der Waals surface area contributed by atoms with Crippen LogP contribution in [-0.2, 0) is 22.8 Å². The predicted octanol–water partition coefficient (Wildman–Crippen LogP) is 2.29. The lowest BCUT2D eigenvalue weighted by atomic mass is 10.2. The SMILES string of the molecule is CC(C)NOCCOC(=O)c1cc(-n2c(=O)cc(C(F)(F)F)n(C)c2=O)ccc1Cl. The first-order valence-corrected chi connectivity index (χ1v) is 9.06. The van der Waals surface area contributed by atoms with Crippen LogP contribution in [0, 0.1) is 0 Å². The van der Waals surface area contributed by atoms with Gasteiger partial charge in [-0.3, -0.25) is 14.2 Å². The van der Waals surface area contributed by atoms with Crippen LogP contribution in [0.25, 0.3) is 5.69 Å². The van der Waals surface area contributed by atoms with E-state index in [2.05, 4.69) is 5.48 Å². The van der Waals surface area contributed by atoms with Gasteiger partial charge in [0.1, 0.15) is 18.9 Å². The van der Waals surface area contributed by atoms with Crippen LogP contribution in [-0.4, -0.2) is 34.4 Å². The van der Waals surface area contributed by atoms with Crippen LogP contribution in [0.15, 0.2) is 33.9 Å². The van der Waals surface area contributed by atoms with Crippen molar-refractivity contribution >= 4 is 17.6 Å². The van der Waals surface area contributed by atoms with E-state index in [1.165, 1.54) is 12.1 Å². The Balaban J connectivity index is 2.34. The Kier molecular flexibility index (Phi) is 7.45. The number of carbonyl (C=O) groups is 1. The molecule has 0 amide bonds. The van der Waals surface area contributed by atoms with Gasteiger partial charge < -0.3 is 4.74 Å². The largest absolute Gasteiger partial charge is 0.460 e. The lowest BCUT2D eigenvalue weighted by Gasteiger charge is -2.14. The molecule has 8 nitrogen and oxygen atoms in total. The van der Waals surface area contributed by atoms with E-state index >= 15 is 0 Å². The van der Waals surface area contributed by atoms with Crippen molar-refractivity contribution in [3.05, 3.63) is 61.4 Å². The molecule has 0 bridgehead atoms. The van der Waals surface area contributed by atoms with Gasteiger partial charge >= 0.3 is 17.8 Å². The van der Waals surface area contributed by atoms with Crippen molar-refractivity contribution in [2.24, 2.45) is 7.05 Å². The van der Waals surface area contributed by atoms with Gasteiger partial charge in [0.05, 0.1) is 16.3 Å². The van der Waals surface area contributed by atoms with Gasteiger partial charge in [-0.1, -0.05) is 11.6 Å². The monoisotopic (exact) mass is 449 g/mol. The van der Waals surface area contributed by atoms with E-state index in [-0.39, 0.29) is 35.5 Å². The van der Waals surface area contributed by atoms with Crippen LogP contribution in [0.4, 0.5) is 13.2 Å². The highest BCUT2D eigenvalue weighted by molar-refractivity contribution is 6.33. The van der Waals surface area contributed by atoms with Crippen LogP contribution in [0.5, 0.6) is 0 Å². The van der Waals surface area contributed by atoms with Crippen LogP contribution < -0.4 is 16.7 Å². The molecule has 1 N–H and O–H groups in total. The zero-order valence-corrected chi connectivity index (χ0v) is 17.0.